The molecule has 94 valence electrons. The van der Waals surface area contributed by atoms with Crippen molar-refractivity contribution >= 4 is 5.91 Å². The van der Waals surface area contributed by atoms with Gasteiger partial charge in [-0.2, -0.15) is 0 Å². The van der Waals surface area contributed by atoms with Gasteiger partial charge in [-0.05, 0) is 31.7 Å². The van der Waals surface area contributed by atoms with Crippen molar-refractivity contribution in [1.29, 1.82) is 0 Å². The first-order valence-electron chi connectivity index (χ1n) is 6.25. The van der Waals surface area contributed by atoms with E-state index in [0.717, 1.165) is 25.9 Å². The average molecular weight is 226 g/mol. The van der Waals surface area contributed by atoms with E-state index in [4.69, 9.17) is 0 Å². The summed E-state index contributed by atoms with van der Waals surface area (Å²) in [6, 6.07) is 0. The highest BCUT2D eigenvalue weighted by atomic mass is 16.1. The predicted octanol–water partition coefficient (Wildman–Crippen LogP) is 2.09. The lowest BCUT2D eigenvalue weighted by atomic mass is 10.2. The van der Waals surface area contributed by atoms with Crippen LogP contribution in [-0.4, -0.2) is 25.5 Å². The Bertz CT molecular complexity index is 190. The van der Waals surface area contributed by atoms with Crippen LogP contribution in [0.25, 0.3) is 0 Å². The highest BCUT2D eigenvalue weighted by Crippen LogP contribution is 1.98. The van der Waals surface area contributed by atoms with E-state index in [1.54, 1.807) is 0 Å². The number of carbonyl (C=O) groups is 1. The van der Waals surface area contributed by atoms with Crippen LogP contribution in [0.3, 0.4) is 0 Å². The molecule has 0 fully saturated rings. The monoisotopic (exact) mass is 226 g/mol. The molecule has 0 radical (unpaired) electrons. The molecule has 0 heterocycles. The van der Waals surface area contributed by atoms with Crippen LogP contribution in [-0.2, 0) is 4.79 Å². The summed E-state index contributed by atoms with van der Waals surface area (Å²) in [4.78, 5) is 11.3. The summed E-state index contributed by atoms with van der Waals surface area (Å²) < 4.78 is 0. The van der Waals surface area contributed by atoms with Gasteiger partial charge < -0.3 is 10.6 Å². The smallest absolute Gasteiger partial charge is 0.233 e. The van der Waals surface area contributed by atoms with E-state index in [9.17, 15) is 4.79 Å². The highest BCUT2D eigenvalue weighted by Gasteiger charge is 2.00. The molecule has 0 aromatic rings. The molecule has 0 rings (SSSR count). The third kappa shape index (κ3) is 11.2. The van der Waals surface area contributed by atoms with Gasteiger partial charge in [0.05, 0.1) is 6.54 Å². The number of nitrogens with one attached hydrogen (secondary N) is 2. The molecule has 0 aliphatic heterocycles. The van der Waals surface area contributed by atoms with Gasteiger partial charge in [-0.25, -0.2) is 0 Å². The summed E-state index contributed by atoms with van der Waals surface area (Å²) in [6.45, 7) is 9.99. The van der Waals surface area contributed by atoms with Gasteiger partial charge in [0.25, 0.3) is 0 Å². The molecule has 0 saturated carbocycles. The molecule has 0 spiro atoms. The number of hydrogen-bond acceptors (Lipinski definition) is 2. The normalized spacial score (nSPS) is 10.4. The van der Waals surface area contributed by atoms with Crippen molar-refractivity contribution in [3.05, 3.63) is 12.7 Å². The van der Waals surface area contributed by atoms with E-state index >= 15 is 0 Å². The van der Waals surface area contributed by atoms with E-state index in [1.165, 1.54) is 12.8 Å². The maximum Gasteiger partial charge on any atom is 0.233 e. The van der Waals surface area contributed by atoms with Crippen LogP contribution < -0.4 is 10.6 Å². The Morgan fingerprint density at radius 2 is 2.06 bits per heavy atom. The van der Waals surface area contributed by atoms with Crippen LogP contribution in [0.2, 0.25) is 0 Å². The lowest BCUT2D eigenvalue weighted by Gasteiger charge is -2.08. The second-order valence-electron chi connectivity index (χ2n) is 4.51. The second-order valence-corrected chi connectivity index (χ2v) is 4.51. The van der Waals surface area contributed by atoms with Gasteiger partial charge in [0.1, 0.15) is 0 Å². The number of rotatable bonds is 10. The van der Waals surface area contributed by atoms with Crippen LogP contribution in [0, 0.1) is 5.92 Å². The Labute approximate surface area is 99.7 Å². The van der Waals surface area contributed by atoms with Crippen molar-refractivity contribution in [2.24, 2.45) is 5.92 Å². The molecular weight excluding hydrogens is 200 g/mol. The van der Waals surface area contributed by atoms with Gasteiger partial charge in [-0.3, -0.25) is 4.79 Å². The molecule has 0 unspecified atom stereocenters. The fourth-order valence-corrected chi connectivity index (χ4v) is 1.30. The van der Waals surface area contributed by atoms with E-state index < -0.39 is 0 Å². The van der Waals surface area contributed by atoms with Gasteiger partial charge in [0.15, 0.2) is 0 Å². The minimum Gasteiger partial charge on any atom is -0.355 e. The predicted molar refractivity (Wildman–Crippen MR) is 69.4 cm³/mol. The lowest BCUT2D eigenvalue weighted by Crippen LogP contribution is -2.36. The molecule has 0 atom stereocenters. The zero-order chi connectivity index (χ0) is 12.2. The molecule has 16 heavy (non-hydrogen) atoms. The van der Waals surface area contributed by atoms with Crippen molar-refractivity contribution in [2.45, 2.75) is 39.5 Å². The zero-order valence-corrected chi connectivity index (χ0v) is 10.7. The topological polar surface area (TPSA) is 41.1 Å². The van der Waals surface area contributed by atoms with Crippen molar-refractivity contribution in [3.63, 3.8) is 0 Å². The largest absolute Gasteiger partial charge is 0.355 e. The molecule has 0 bridgehead atoms. The van der Waals surface area contributed by atoms with Crippen molar-refractivity contribution in [3.8, 4) is 0 Å². The van der Waals surface area contributed by atoms with Crippen molar-refractivity contribution < 1.29 is 4.79 Å². The third-order valence-electron chi connectivity index (χ3n) is 2.25. The van der Waals surface area contributed by atoms with Gasteiger partial charge in [0.2, 0.25) is 5.91 Å². The third-order valence-corrected chi connectivity index (χ3v) is 2.25. The SMILES string of the molecule is C=CCCCCCNCC(=O)NCC(C)C. The fraction of sp³-hybridized carbons (Fsp3) is 0.769. The first-order valence-corrected chi connectivity index (χ1v) is 6.25. The molecule has 3 nitrogen and oxygen atoms in total. The molecule has 0 aliphatic rings. The van der Waals surface area contributed by atoms with E-state index in [2.05, 4.69) is 31.1 Å². The molecular formula is C13H26N2O. The summed E-state index contributed by atoms with van der Waals surface area (Å²) in [5, 5.41) is 6.03. The Morgan fingerprint density at radius 1 is 1.31 bits per heavy atom. The summed E-state index contributed by atoms with van der Waals surface area (Å²) in [7, 11) is 0. The molecule has 1 amide bonds. The minimum atomic E-state index is 0.0970. The Kier molecular flexibility index (Phi) is 10.1. The molecule has 0 aromatic heterocycles. The second kappa shape index (κ2) is 10.7. The summed E-state index contributed by atoms with van der Waals surface area (Å²) in [6.07, 6.45) is 6.57. The highest BCUT2D eigenvalue weighted by molar-refractivity contribution is 5.77. The van der Waals surface area contributed by atoms with E-state index in [-0.39, 0.29) is 5.91 Å². The molecule has 3 heteroatoms. The van der Waals surface area contributed by atoms with Gasteiger partial charge >= 0.3 is 0 Å². The Balaban J connectivity index is 3.18. The standard InChI is InChI=1S/C13H26N2O/c1-4-5-6-7-8-9-14-11-13(16)15-10-12(2)3/h4,12,14H,1,5-11H2,2-3H3,(H,15,16). The number of unbranched alkanes of at least 4 members (excludes halogenated alkanes) is 3. The minimum absolute atomic E-state index is 0.0970. The van der Waals surface area contributed by atoms with Crippen molar-refractivity contribution in [2.75, 3.05) is 19.6 Å². The first-order chi connectivity index (χ1) is 7.66. The molecule has 0 aliphatic carbocycles. The number of carbonyl (C=O) groups excluding carboxylic acids is 1. The molecule has 0 saturated heterocycles. The van der Waals surface area contributed by atoms with Crippen LogP contribution in [0.4, 0.5) is 0 Å². The van der Waals surface area contributed by atoms with Gasteiger partial charge in [-0.1, -0.05) is 26.3 Å². The lowest BCUT2D eigenvalue weighted by molar-refractivity contribution is -0.120. The number of amides is 1. The zero-order valence-electron chi connectivity index (χ0n) is 10.7. The first kappa shape index (κ1) is 15.2. The maximum absolute atomic E-state index is 11.3. The quantitative estimate of drug-likeness (QED) is 0.442. The van der Waals surface area contributed by atoms with Crippen molar-refractivity contribution in [1.82, 2.24) is 10.6 Å². The Hall–Kier alpha value is -0.830. The molecule has 0 aromatic carbocycles. The van der Waals surface area contributed by atoms with E-state index in [0.29, 0.717) is 12.5 Å². The summed E-state index contributed by atoms with van der Waals surface area (Å²) in [5.74, 6) is 0.614. The summed E-state index contributed by atoms with van der Waals surface area (Å²) >= 11 is 0. The average Bonchev–Trinajstić information content (AvgIpc) is 2.25. The Morgan fingerprint density at radius 3 is 2.69 bits per heavy atom. The van der Waals surface area contributed by atoms with Gasteiger partial charge in [-0.15, -0.1) is 6.58 Å². The van der Waals surface area contributed by atoms with Gasteiger partial charge in [0, 0.05) is 6.54 Å². The van der Waals surface area contributed by atoms with Crippen LogP contribution >= 0.6 is 0 Å². The van der Waals surface area contributed by atoms with Crippen LogP contribution in [0.15, 0.2) is 12.7 Å². The molecule has 2 N–H and O–H groups in total. The maximum atomic E-state index is 11.3. The number of allylic oxidation sites excluding steroid dienone is 1. The number of hydrogen-bond donors (Lipinski definition) is 2. The van der Waals surface area contributed by atoms with E-state index in [1.807, 2.05) is 6.08 Å². The summed E-state index contributed by atoms with van der Waals surface area (Å²) in [5.41, 5.74) is 0. The fourth-order valence-electron chi connectivity index (χ4n) is 1.30. The van der Waals surface area contributed by atoms with Crippen LogP contribution in [0.5, 0.6) is 0 Å². The van der Waals surface area contributed by atoms with Crippen LogP contribution in [0.1, 0.15) is 39.5 Å².